The lowest BCUT2D eigenvalue weighted by atomic mass is 10.1. The first-order chi connectivity index (χ1) is 13.0. The molecule has 4 amide bonds. The van der Waals surface area contributed by atoms with E-state index in [1.165, 1.54) is 6.08 Å². The molecule has 0 atom stereocenters. The number of barbiturate groups is 1. The molecule has 8 heteroatoms. The van der Waals surface area contributed by atoms with Gasteiger partial charge in [0.05, 0.1) is 5.69 Å². The fourth-order valence-electron chi connectivity index (χ4n) is 3.18. The molecule has 2 saturated heterocycles. The number of urea groups is 1. The molecule has 1 aromatic carbocycles. The van der Waals surface area contributed by atoms with Crippen molar-refractivity contribution < 1.29 is 18.8 Å². The number of halogens is 1. The largest absolute Gasteiger partial charge is 0.441 e. The quantitative estimate of drug-likeness (QED) is 0.597. The van der Waals surface area contributed by atoms with Gasteiger partial charge in [-0.2, -0.15) is 0 Å². The second-order valence-corrected chi connectivity index (χ2v) is 7.22. The summed E-state index contributed by atoms with van der Waals surface area (Å²) >= 11 is 3.31. The minimum absolute atomic E-state index is 0.156. The maximum atomic E-state index is 12.8. The molecule has 0 saturated carbocycles. The van der Waals surface area contributed by atoms with Gasteiger partial charge in [0.15, 0.2) is 5.88 Å². The maximum Gasteiger partial charge on any atom is 0.335 e. The second-order valence-electron chi connectivity index (χ2n) is 6.31. The van der Waals surface area contributed by atoms with E-state index >= 15 is 0 Å². The van der Waals surface area contributed by atoms with E-state index in [-0.39, 0.29) is 5.57 Å². The Morgan fingerprint density at radius 1 is 1.07 bits per heavy atom. The van der Waals surface area contributed by atoms with E-state index in [0.717, 1.165) is 30.8 Å². The minimum atomic E-state index is -0.780. The molecule has 0 unspecified atom stereocenters. The summed E-state index contributed by atoms with van der Waals surface area (Å²) in [6.45, 7) is 1.85. The molecule has 0 bridgehead atoms. The molecule has 2 aromatic rings. The molecule has 2 aliphatic heterocycles. The van der Waals surface area contributed by atoms with Gasteiger partial charge in [-0.05, 0) is 43.2 Å². The summed E-state index contributed by atoms with van der Waals surface area (Å²) in [5.74, 6) is -0.335. The monoisotopic (exact) mass is 429 g/mol. The summed E-state index contributed by atoms with van der Waals surface area (Å²) in [6, 6.07) is 9.48. The van der Waals surface area contributed by atoms with Crippen molar-refractivity contribution >= 4 is 51.4 Å². The number of furan rings is 1. The van der Waals surface area contributed by atoms with Crippen molar-refractivity contribution in [3.63, 3.8) is 0 Å². The van der Waals surface area contributed by atoms with Gasteiger partial charge in [-0.3, -0.25) is 14.9 Å². The minimum Gasteiger partial charge on any atom is -0.441 e. The topological polar surface area (TPSA) is 82.9 Å². The van der Waals surface area contributed by atoms with Crippen LogP contribution in [0.15, 0.2) is 50.9 Å². The highest BCUT2D eigenvalue weighted by molar-refractivity contribution is 9.10. The van der Waals surface area contributed by atoms with Crippen molar-refractivity contribution in [2.45, 2.75) is 12.8 Å². The fourth-order valence-corrected chi connectivity index (χ4v) is 3.56. The molecule has 2 fully saturated rings. The third-order valence-corrected chi connectivity index (χ3v) is 4.98. The fraction of sp³-hybridized carbons (Fsp3) is 0.211. The van der Waals surface area contributed by atoms with Crippen LogP contribution >= 0.6 is 15.9 Å². The van der Waals surface area contributed by atoms with Gasteiger partial charge in [-0.15, -0.1) is 0 Å². The first-order valence-corrected chi connectivity index (χ1v) is 9.34. The highest BCUT2D eigenvalue weighted by atomic mass is 79.9. The molecule has 0 radical (unpaired) electrons. The Hall–Kier alpha value is -2.87. The molecular weight excluding hydrogens is 414 g/mol. The van der Waals surface area contributed by atoms with Crippen molar-refractivity contribution in [2.75, 3.05) is 22.9 Å². The summed E-state index contributed by atoms with van der Waals surface area (Å²) in [4.78, 5) is 40.3. The van der Waals surface area contributed by atoms with Crippen LogP contribution in [0.3, 0.4) is 0 Å². The van der Waals surface area contributed by atoms with Gasteiger partial charge < -0.3 is 9.32 Å². The highest BCUT2D eigenvalue weighted by Crippen LogP contribution is 2.27. The second kappa shape index (κ2) is 7.03. The van der Waals surface area contributed by atoms with Crippen LogP contribution in [0.2, 0.25) is 0 Å². The smallest absolute Gasteiger partial charge is 0.335 e. The summed E-state index contributed by atoms with van der Waals surface area (Å²) in [5.41, 5.74) is 0.208. The van der Waals surface area contributed by atoms with Crippen LogP contribution < -0.4 is 15.1 Å². The number of nitrogens with zero attached hydrogens (tertiary/aromatic N) is 2. The first-order valence-electron chi connectivity index (χ1n) is 8.55. The van der Waals surface area contributed by atoms with E-state index in [1.807, 2.05) is 6.07 Å². The van der Waals surface area contributed by atoms with E-state index in [9.17, 15) is 14.4 Å². The van der Waals surface area contributed by atoms with Crippen LogP contribution in [0.1, 0.15) is 18.6 Å². The SMILES string of the molecule is O=C1NC(=O)N(c2cccc(Br)c2)C(=O)/C1=C/c1ccc(N2CCCC2)o1. The Morgan fingerprint density at radius 2 is 1.85 bits per heavy atom. The zero-order valence-corrected chi connectivity index (χ0v) is 15.9. The Labute approximate surface area is 163 Å². The van der Waals surface area contributed by atoms with E-state index in [1.54, 1.807) is 30.3 Å². The molecule has 2 aliphatic rings. The van der Waals surface area contributed by atoms with Crippen molar-refractivity contribution in [1.82, 2.24) is 5.32 Å². The third kappa shape index (κ3) is 3.40. The van der Waals surface area contributed by atoms with E-state index < -0.39 is 17.8 Å². The van der Waals surface area contributed by atoms with Crippen LogP contribution in [-0.2, 0) is 9.59 Å². The number of imide groups is 2. The van der Waals surface area contributed by atoms with Gasteiger partial charge in [0.2, 0.25) is 0 Å². The number of benzene rings is 1. The van der Waals surface area contributed by atoms with Crippen LogP contribution in [0.25, 0.3) is 6.08 Å². The molecule has 1 aromatic heterocycles. The van der Waals surface area contributed by atoms with Crippen molar-refractivity contribution in [3.05, 3.63) is 52.2 Å². The lowest BCUT2D eigenvalue weighted by molar-refractivity contribution is -0.122. The molecule has 7 nitrogen and oxygen atoms in total. The molecule has 1 N–H and O–H groups in total. The van der Waals surface area contributed by atoms with Crippen LogP contribution in [0, 0.1) is 0 Å². The number of hydrogen-bond acceptors (Lipinski definition) is 5. The number of carbonyl (C=O) groups excluding carboxylic acids is 3. The number of rotatable bonds is 3. The van der Waals surface area contributed by atoms with Crippen molar-refractivity contribution in [1.29, 1.82) is 0 Å². The predicted octanol–water partition coefficient (Wildman–Crippen LogP) is 3.31. The van der Waals surface area contributed by atoms with E-state index in [2.05, 4.69) is 26.1 Å². The third-order valence-electron chi connectivity index (χ3n) is 4.49. The lowest BCUT2D eigenvalue weighted by Gasteiger charge is -2.26. The Bertz CT molecular complexity index is 959. The Balaban J connectivity index is 1.65. The summed E-state index contributed by atoms with van der Waals surface area (Å²) in [7, 11) is 0. The molecule has 3 heterocycles. The Kier molecular flexibility index (Phi) is 4.57. The van der Waals surface area contributed by atoms with Crippen LogP contribution in [0.4, 0.5) is 16.4 Å². The van der Waals surface area contributed by atoms with Crippen LogP contribution in [0.5, 0.6) is 0 Å². The normalized spacial score (nSPS) is 19.1. The summed E-state index contributed by atoms with van der Waals surface area (Å²) in [5, 5.41) is 2.20. The van der Waals surface area contributed by atoms with Crippen molar-refractivity contribution in [2.24, 2.45) is 0 Å². The summed E-state index contributed by atoms with van der Waals surface area (Å²) in [6.07, 6.45) is 3.60. The standard InChI is InChI=1S/C19H16BrN3O4/c20-12-4-3-5-13(10-12)23-18(25)15(17(24)21-19(23)26)11-14-6-7-16(27-14)22-8-1-2-9-22/h3-7,10-11H,1-2,8-9H2,(H,21,24,26)/b15-11+. The highest BCUT2D eigenvalue weighted by Gasteiger charge is 2.37. The molecular formula is C19H16BrN3O4. The first kappa shape index (κ1) is 17.5. The van der Waals surface area contributed by atoms with E-state index in [0.29, 0.717) is 21.8 Å². The predicted molar refractivity (Wildman–Crippen MR) is 103 cm³/mol. The lowest BCUT2D eigenvalue weighted by Crippen LogP contribution is -2.54. The molecule has 138 valence electrons. The van der Waals surface area contributed by atoms with Gasteiger partial charge >= 0.3 is 6.03 Å². The maximum absolute atomic E-state index is 12.8. The number of carbonyl (C=O) groups is 3. The average molecular weight is 430 g/mol. The van der Waals surface area contributed by atoms with Gasteiger partial charge in [-0.1, -0.05) is 22.0 Å². The van der Waals surface area contributed by atoms with Gasteiger partial charge in [0, 0.05) is 23.6 Å². The zero-order chi connectivity index (χ0) is 19.0. The zero-order valence-electron chi connectivity index (χ0n) is 14.3. The molecule has 4 rings (SSSR count). The number of amides is 4. The number of nitrogens with one attached hydrogen (secondary N) is 1. The van der Waals surface area contributed by atoms with Crippen LogP contribution in [-0.4, -0.2) is 30.9 Å². The van der Waals surface area contributed by atoms with Gasteiger partial charge in [0.25, 0.3) is 11.8 Å². The average Bonchev–Trinajstić information content (AvgIpc) is 3.30. The number of hydrogen-bond donors (Lipinski definition) is 1. The summed E-state index contributed by atoms with van der Waals surface area (Å²) < 4.78 is 6.47. The van der Waals surface area contributed by atoms with Gasteiger partial charge in [-0.25, -0.2) is 9.69 Å². The number of anilines is 2. The van der Waals surface area contributed by atoms with Crippen molar-refractivity contribution in [3.8, 4) is 0 Å². The van der Waals surface area contributed by atoms with Gasteiger partial charge in [0.1, 0.15) is 11.3 Å². The Morgan fingerprint density at radius 3 is 2.59 bits per heavy atom. The molecule has 0 aliphatic carbocycles. The van der Waals surface area contributed by atoms with E-state index in [4.69, 9.17) is 4.42 Å². The molecule has 27 heavy (non-hydrogen) atoms. The molecule has 0 spiro atoms.